The quantitative estimate of drug-likeness (QED) is 0.0367. The Hall–Kier alpha value is -8.72. The number of benzene rings is 4. The van der Waals surface area contributed by atoms with Gasteiger partial charge in [0, 0.05) is 28.7 Å². The number of carbonyl (C=O) groups is 6. The first-order chi connectivity index (χ1) is 31.4. The van der Waals surface area contributed by atoms with E-state index in [0.717, 1.165) is 0 Å². The summed E-state index contributed by atoms with van der Waals surface area (Å²) in [6.45, 7) is -1.18. The zero-order valence-corrected chi connectivity index (χ0v) is 33.0. The monoisotopic (exact) mass is 938 g/mol. The van der Waals surface area contributed by atoms with Crippen molar-refractivity contribution >= 4 is 35.9 Å². The van der Waals surface area contributed by atoms with Gasteiger partial charge in [0.15, 0.2) is 64.1 Å². The van der Waals surface area contributed by atoms with E-state index >= 15 is 0 Å². The van der Waals surface area contributed by atoms with E-state index in [2.05, 4.69) is 0 Å². The summed E-state index contributed by atoms with van der Waals surface area (Å²) in [5, 5.41) is 147. The largest absolute Gasteiger partial charge is 0.504 e. The molecule has 0 spiro atoms. The molecule has 4 bridgehead atoms. The van der Waals surface area contributed by atoms with Crippen molar-refractivity contribution in [3.05, 3.63) is 69.8 Å². The van der Waals surface area contributed by atoms with E-state index in [4.69, 9.17) is 28.4 Å². The van der Waals surface area contributed by atoms with Gasteiger partial charge in [0.2, 0.25) is 29.3 Å². The molecular formula is C41H30O26. The third-order valence-corrected chi connectivity index (χ3v) is 11.2. The second-order valence-electron chi connectivity index (χ2n) is 15.1. The fourth-order valence-electron chi connectivity index (χ4n) is 7.82. The van der Waals surface area contributed by atoms with Gasteiger partial charge in [-0.2, -0.15) is 0 Å². The highest BCUT2D eigenvalue weighted by Gasteiger charge is 2.70. The summed E-state index contributed by atoms with van der Waals surface area (Å²) >= 11 is 0. The molecule has 6 atom stereocenters. The molecule has 0 unspecified atom stereocenters. The number of aromatic hydroxyl groups is 11. The molecule has 26 nitrogen and oxygen atoms in total. The third-order valence-electron chi connectivity index (χ3n) is 11.2. The minimum Gasteiger partial charge on any atom is -0.504 e. The van der Waals surface area contributed by atoms with Crippen LogP contribution in [0.5, 0.6) is 69.0 Å². The number of carbonyl (C=O) groups excluding carboxylic acids is 6. The van der Waals surface area contributed by atoms with Crippen LogP contribution in [-0.2, 0) is 33.3 Å². The van der Waals surface area contributed by atoms with Gasteiger partial charge in [-0.15, -0.1) is 0 Å². The molecule has 4 aliphatic rings. The Labute approximate surface area is 369 Å². The molecule has 4 aromatic carbocycles. The molecule has 3 heterocycles. The van der Waals surface area contributed by atoms with Crippen LogP contribution in [0.2, 0.25) is 0 Å². The molecule has 4 aromatic rings. The number of hydrogen-bond donors (Lipinski definition) is 14. The maximum Gasteiger partial charge on any atom is 0.342 e. The average molecular weight is 939 g/mol. The second-order valence-corrected chi connectivity index (χ2v) is 15.1. The highest BCUT2D eigenvalue weighted by Crippen LogP contribution is 2.58. The number of ketones is 1. The molecule has 8 rings (SSSR count). The van der Waals surface area contributed by atoms with Gasteiger partial charge in [0.25, 0.3) is 5.79 Å². The Morgan fingerprint density at radius 2 is 1.31 bits per heavy atom. The van der Waals surface area contributed by atoms with E-state index in [1.54, 1.807) is 0 Å². The first-order valence-electron chi connectivity index (χ1n) is 18.8. The summed E-state index contributed by atoms with van der Waals surface area (Å²) in [4.78, 5) is 80.5. The summed E-state index contributed by atoms with van der Waals surface area (Å²) in [7, 11) is 0. The number of phenols is 11. The maximum absolute atomic E-state index is 14.1. The number of phenolic OH excluding ortho intramolecular Hbond substituents is 11. The van der Waals surface area contributed by atoms with Crippen molar-refractivity contribution in [2.75, 3.05) is 6.61 Å². The molecular weight excluding hydrogens is 908 g/mol. The van der Waals surface area contributed by atoms with Crippen LogP contribution in [0.15, 0.2) is 42.0 Å². The summed E-state index contributed by atoms with van der Waals surface area (Å²) in [5.41, 5.74) is -6.76. The van der Waals surface area contributed by atoms with Gasteiger partial charge < -0.3 is 99.9 Å². The van der Waals surface area contributed by atoms with Gasteiger partial charge in [-0.25, -0.2) is 19.2 Å². The Kier molecular flexibility index (Phi) is 10.4. The first kappa shape index (κ1) is 44.9. The van der Waals surface area contributed by atoms with Crippen molar-refractivity contribution in [2.45, 2.75) is 48.5 Å². The topological polar surface area (TPSA) is 441 Å². The van der Waals surface area contributed by atoms with Crippen LogP contribution in [0.4, 0.5) is 0 Å². The molecule has 26 heteroatoms. The van der Waals surface area contributed by atoms with Crippen LogP contribution in [-0.4, -0.2) is 150 Å². The van der Waals surface area contributed by atoms with E-state index in [9.17, 15) is 100 Å². The van der Waals surface area contributed by atoms with Crippen LogP contribution >= 0.6 is 0 Å². The zero-order chi connectivity index (χ0) is 48.9. The summed E-state index contributed by atoms with van der Waals surface area (Å²) < 4.78 is 32.8. The molecule has 3 aliphatic heterocycles. The minimum absolute atomic E-state index is 0.0349. The number of esters is 4. The Morgan fingerprint density at radius 1 is 0.687 bits per heavy atom. The SMILES string of the molecule is O=Cc1cc(O)c(O)c(O)c1-c1cc(C(=O)OC[C@H]2O[C@@H](OC(=O)c3cc(O)c(O)c(O)c3)[C@H]3C[C@@H]2OC(=O)C2=CC(=O)[C@]4(O)Oc5c(O)c(O)cc(c5[C@H]2C4(O)O)C(=O)O3)c(O)c(O)c1O. The molecule has 1 aliphatic carbocycles. The van der Waals surface area contributed by atoms with Crippen LogP contribution in [0.1, 0.15) is 59.3 Å². The molecule has 0 saturated carbocycles. The van der Waals surface area contributed by atoms with Gasteiger partial charge in [0.05, 0.1) is 22.6 Å². The van der Waals surface area contributed by atoms with Crippen molar-refractivity contribution in [1.29, 1.82) is 0 Å². The highest BCUT2D eigenvalue weighted by molar-refractivity contribution is 6.08. The number of aliphatic hydroxyl groups is 3. The minimum atomic E-state index is -3.87. The van der Waals surface area contributed by atoms with E-state index in [1.807, 2.05) is 0 Å². The van der Waals surface area contributed by atoms with Crippen LogP contribution in [0, 0.1) is 0 Å². The van der Waals surface area contributed by atoms with Gasteiger partial charge >= 0.3 is 29.7 Å². The number of ether oxygens (including phenoxy) is 6. The molecule has 1 saturated heterocycles. The number of rotatable bonds is 7. The van der Waals surface area contributed by atoms with E-state index in [1.165, 1.54) is 0 Å². The second kappa shape index (κ2) is 15.5. The molecule has 0 radical (unpaired) electrons. The van der Waals surface area contributed by atoms with Gasteiger partial charge in [-0.1, -0.05) is 0 Å². The molecule has 67 heavy (non-hydrogen) atoms. The van der Waals surface area contributed by atoms with Gasteiger partial charge in [-0.3, -0.25) is 9.59 Å². The van der Waals surface area contributed by atoms with Crippen molar-refractivity contribution < 1.29 is 129 Å². The molecule has 14 N–H and O–H groups in total. The standard InChI is InChI=1S/C41H30O26/c42-8-11-3-18(45)30(51)32(53)24(11)12-4-15(28(49)33(54)27(12)48)36(56)62-9-22-20-7-21(39(65-22)66-35(55)10-1-16(43)29(50)17(44)2-10)64-37(57)13-5-19(46)31(52)34-25(13)26-14(38(58)63-20)6-23(47)41(61,67-34)40(26,59)60/h1-6,8,20-22,26,39,43-46,48-54,59-61H,7,9H2/t20-,21+,22+,26-,39-,41-/m0/s1. The van der Waals surface area contributed by atoms with Crippen molar-refractivity contribution in [1.82, 2.24) is 0 Å². The van der Waals surface area contributed by atoms with E-state index in [0.29, 0.717) is 36.4 Å². The van der Waals surface area contributed by atoms with Crippen molar-refractivity contribution in [2.24, 2.45) is 0 Å². The predicted molar refractivity (Wildman–Crippen MR) is 205 cm³/mol. The molecule has 0 aromatic heterocycles. The number of aldehydes is 1. The Balaban J connectivity index is 1.20. The highest BCUT2D eigenvalue weighted by atomic mass is 16.7. The van der Waals surface area contributed by atoms with Gasteiger partial charge in [0.1, 0.15) is 24.4 Å². The lowest BCUT2D eigenvalue weighted by Gasteiger charge is -2.49. The summed E-state index contributed by atoms with van der Waals surface area (Å²) in [6, 6.07) is 2.95. The van der Waals surface area contributed by atoms with Crippen molar-refractivity contribution in [3.63, 3.8) is 0 Å². The van der Waals surface area contributed by atoms with E-state index in [-0.39, 0.29) is 6.29 Å². The first-order valence-corrected chi connectivity index (χ1v) is 18.8. The lowest BCUT2D eigenvalue weighted by atomic mass is 9.70. The Bertz CT molecular complexity index is 2910. The normalized spacial score (nSPS) is 23.6. The molecule has 0 amide bonds. The summed E-state index contributed by atoms with van der Waals surface area (Å²) in [5.74, 6) is -32.4. The fourth-order valence-corrected chi connectivity index (χ4v) is 7.82. The number of hydrogen-bond acceptors (Lipinski definition) is 26. The van der Waals surface area contributed by atoms with Crippen LogP contribution in [0.3, 0.4) is 0 Å². The van der Waals surface area contributed by atoms with Crippen LogP contribution in [0.25, 0.3) is 11.1 Å². The molecule has 350 valence electrons. The molecule has 1 fully saturated rings. The van der Waals surface area contributed by atoms with E-state index < -0.39 is 198 Å². The van der Waals surface area contributed by atoms with Crippen molar-refractivity contribution in [3.8, 4) is 80.1 Å². The smallest absolute Gasteiger partial charge is 0.342 e. The lowest BCUT2D eigenvalue weighted by Crippen LogP contribution is -2.70. The lowest BCUT2D eigenvalue weighted by molar-refractivity contribution is -0.339. The average Bonchev–Trinajstić information content (AvgIpc) is 3.28. The summed E-state index contributed by atoms with van der Waals surface area (Å²) in [6.07, 6.45) is -8.52. The van der Waals surface area contributed by atoms with Gasteiger partial charge in [-0.05, 0) is 36.4 Å². The predicted octanol–water partition coefficient (Wildman–Crippen LogP) is -0.438. The Morgan fingerprint density at radius 3 is 1.97 bits per heavy atom. The maximum atomic E-state index is 14.1. The third kappa shape index (κ3) is 6.81. The fraction of sp³-hybridized carbons (Fsp3) is 0.220. The zero-order valence-electron chi connectivity index (χ0n) is 33.0. The number of fused-ring (bicyclic) bond motifs is 3. The van der Waals surface area contributed by atoms with Crippen LogP contribution < -0.4 is 4.74 Å².